The lowest BCUT2D eigenvalue weighted by atomic mass is 9.72. The Morgan fingerprint density at radius 2 is 1.91 bits per heavy atom. The van der Waals surface area contributed by atoms with E-state index in [2.05, 4.69) is 49.3 Å². The van der Waals surface area contributed by atoms with Crippen molar-refractivity contribution in [2.75, 3.05) is 20.7 Å². The molecule has 0 heterocycles. The van der Waals surface area contributed by atoms with Gasteiger partial charge in [-0.1, -0.05) is 36.4 Å². The summed E-state index contributed by atoms with van der Waals surface area (Å²) in [6.45, 7) is 2.27. The molecule has 0 aromatic heterocycles. The minimum atomic E-state index is -0.227. The fourth-order valence-electron chi connectivity index (χ4n) is 3.46. The first-order chi connectivity index (χ1) is 10.6. The van der Waals surface area contributed by atoms with E-state index in [1.54, 1.807) is 6.08 Å². The number of allylic oxidation sites excluding steroid dienone is 1. The molecule has 0 atom stereocenters. The Morgan fingerprint density at radius 1 is 1.27 bits per heavy atom. The highest BCUT2D eigenvalue weighted by Crippen LogP contribution is 2.43. The van der Waals surface area contributed by atoms with Crippen LogP contribution in [0.3, 0.4) is 0 Å². The predicted octanol–water partition coefficient (Wildman–Crippen LogP) is 3.75. The number of esters is 1. The molecule has 120 valence electrons. The molecule has 2 rings (SSSR count). The zero-order valence-electron chi connectivity index (χ0n) is 13.9. The lowest BCUT2D eigenvalue weighted by molar-refractivity contribution is -0.137. The number of benzene rings is 1. The quantitative estimate of drug-likeness (QED) is 0.613. The first-order valence-corrected chi connectivity index (χ1v) is 8.16. The highest BCUT2D eigenvalue weighted by molar-refractivity contribution is 5.81. The van der Waals surface area contributed by atoms with E-state index >= 15 is 0 Å². The number of hydrogen-bond acceptors (Lipinski definition) is 3. The summed E-state index contributed by atoms with van der Waals surface area (Å²) in [6.07, 6.45) is 8.05. The van der Waals surface area contributed by atoms with Crippen LogP contribution in [0.1, 0.15) is 38.2 Å². The Bertz CT molecular complexity index is 499. The SMILES string of the molecule is CCOC(=O)C=CC1CCC(c2ccccc2)(N(C)C)CC1. The summed E-state index contributed by atoms with van der Waals surface area (Å²) in [4.78, 5) is 13.8. The zero-order chi connectivity index (χ0) is 16.0. The van der Waals surface area contributed by atoms with Crippen molar-refractivity contribution in [3.8, 4) is 0 Å². The monoisotopic (exact) mass is 301 g/mol. The lowest BCUT2D eigenvalue weighted by Crippen LogP contribution is -2.44. The average Bonchev–Trinajstić information content (AvgIpc) is 2.54. The van der Waals surface area contributed by atoms with Gasteiger partial charge in [0.1, 0.15) is 0 Å². The van der Waals surface area contributed by atoms with Crippen molar-refractivity contribution in [1.82, 2.24) is 4.90 Å². The van der Waals surface area contributed by atoms with Crippen LogP contribution in [0.15, 0.2) is 42.5 Å². The number of carbonyl (C=O) groups excluding carboxylic acids is 1. The number of carbonyl (C=O) groups is 1. The van der Waals surface area contributed by atoms with Crippen LogP contribution >= 0.6 is 0 Å². The van der Waals surface area contributed by atoms with Gasteiger partial charge in [0, 0.05) is 11.6 Å². The van der Waals surface area contributed by atoms with E-state index in [1.807, 2.05) is 13.0 Å². The Hall–Kier alpha value is -1.61. The highest BCUT2D eigenvalue weighted by atomic mass is 16.5. The molecule has 0 N–H and O–H groups in total. The summed E-state index contributed by atoms with van der Waals surface area (Å²) >= 11 is 0. The van der Waals surface area contributed by atoms with E-state index in [9.17, 15) is 4.79 Å². The van der Waals surface area contributed by atoms with Gasteiger partial charge in [0.2, 0.25) is 0 Å². The Balaban J connectivity index is 2.03. The Morgan fingerprint density at radius 3 is 2.45 bits per heavy atom. The van der Waals surface area contributed by atoms with Crippen LogP contribution < -0.4 is 0 Å². The summed E-state index contributed by atoms with van der Waals surface area (Å²) in [5.74, 6) is 0.246. The second kappa shape index (κ2) is 7.59. The molecule has 0 bridgehead atoms. The van der Waals surface area contributed by atoms with Crippen molar-refractivity contribution in [2.24, 2.45) is 5.92 Å². The largest absolute Gasteiger partial charge is 0.463 e. The molecule has 1 saturated carbocycles. The van der Waals surface area contributed by atoms with Crippen LogP contribution in [0, 0.1) is 5.92 Å². The van der Waals surface area contributed by atoms with Crippen LogP contribution in [-0.2, 0) is 15.1 Å². The number of rotatable bonds is 5. The fraction of sp³-hybridized carbons (Fsp3) is 0.526. The first-order valence-electron chi connectivity index (χ1n) is 8.16. The summed E-state index contributed by atoms with van der Waals surface area (Å²) in [6, 6.07) is 10.8. The molecule has 0 saturated heterocycles. The van der Waals surface area contributed by atoms with Crippen molar-refractivity contribution in [2.45, 2.75) is 38.1 Å². The molecule has 0 spiro atoms. The second-order valence-corrected chi connectivity index (χ2v) is 6.24. The van der Waals surface area contributed by atoms with Crippen LogP contribution in [0.4, 0.5) is 0 Å². The zero-order valence-corrected chi connectivity index (χ0v) is 13.9. The van der Waals surface area contributed by atoms with Gasteiger partial charge >= 0.3 is 5.97 Å². The molecule has 22 heavy (non-hydrogen) atoms. The normalized spacial score (nSPS) is 25.5. The van der Waals surface area contributed by atoms with Gasteiger partial charge in [-0.25, -0.2) is 4.79 Å². The standard InChI is InChI=1S/C19H27NO2/c1-4-22-18(21)11-10-16-12-14-19(15-13-16,20(2)3)17-8-6-5-7-9-17/h5-11,16H,4,12-15H2,1-3H3. The maximum absolute atomic E-state index is 11.4. The van der Waals surface area contributed by atoms with Gasteiger partial charge in [-0.05, 0) is 58.2 Å². The van der Waals surface area contributed by atoms with Gasteiger partial charge in [0.15, 0.2) is 0 Å². The molecule has 0 unspecified atom stereocenters. The minimum Gasteiger partial charge on any atom is -0.463 e. The molecule has 1 fully saturated rings. The van der Waals surface area contributed by atoms with Crippen LogP contribution in [0.25, 0.3) is 0 Å². The third kappa shape index (κ3) is 3.77. The summed E-state index contributed by atoms with van der Waals surface area (Å²) < 4.78 is 4.95. The first kappa shape index (κ1) is 16.8. The predicted molar refractivity (Wildman–Crippen MR) is 89.5 cm³/mol. The van der Waals surface area contributed by atoms with Gasteiger partial charge in [0.25, 0.3) is 0 Å². The van der Waals surface area contributed by atoms with E-state index in [-0.39, 0.29) is 11.5 Å². The molecule has 3 heteroatoms. The Labute approximate surface area is 134 Å². The lowest BCUT2D eigenvalue weighted by Gasteiger charge is -2.45. The van der Waals surface area contributed by atoms with Crippen LogP contribution in [0.2, 0.25) is 0 Å². The minimum absolute atomic E-state index is 0.121. The Kier molecular flexibility index (Phi) is 5.78. The molecular weight excluding hydrogens is 274 g/mol. The van der Waals surface area contributed by atoms with Crippen molar-refractivity contribution in [3.05, 3.63) is 48.0 Å². The molecule has 1 aliphatic carbocycles. The molecule has 0 radical (unpaired) electrons. The average molecular weight is 301 g/mol. The maximum Gasteiger partial charge on any atom is 0.330 e. The molecular formula is C19H27NO2. The topological polar surface area (TPSA) is 29.5 Å². The molecule has 1 aromatic carbocycles. The number of nitrogens with zero attached hydrogens (tertiary/aromatic N) is 1. The van der Waals surface area contributed by atoms with Crippen LogP contribution in [-0.4, -0.2) is 31.6 Å². The highest BCUT2D eigenvalue weighted by Gasteiger charge is 2.37. The third-order valence-electron chi connectivity index (χ3n) is 4.82. The van der Waals surface area contributed by atoms with Crippen molar-refractivity contribution < 1.29 is 9.53 Å². The number of ether oxygens (including phenoxy) is 1. The van der Waals surface area contributed by atoms with E-state index in [1.165, 1.54) is 5.56 Å². The van der Waals surface area contributed by atoms with E-state index < -0.39 is 0 Å². The fourth-order valence-corrected chi connectivity index (χ4v) is 3.46. The van der Waals surface area contributed by atoms with Gasteiger partial charge in [0.05, 0.1) is 6.61 Å². The van der Waals surface area contributed by atoms with Crippen molar-refractivity contribution >= 4 is 5.97 Å². The molecule has 1 aromatic rings. The molecule has 0 amide bonds. The van der Waals surface area contributed by atoms with Crippen LogP contribution in [0.5, 0.6) is 0 Å². The van der Waals surface area contributed by atoms with E-state index in [4.69, 9.17) is 4.74 Å². The summed E-state index contributed by atoms with van der Waals surface area (Å²) in [5.41, 5.74) is 1.52. The van der Waals surface area contributed by atoms with E-state index in [0.717, 1.165) is 25.7 Å². The maximum atomic E-state index is 11.4. The molecule has 1 aliphatic rings. The smallest absolute Gasteiger partial charge is 0.330 e. The number of hydrogen-bond donors (Lipinski definition) is 0. The molecule has 0 aliphatic heterocycles. The summed E-state index contributed by atoms with van der Waals surface area (Å²) in [7, 11) is 4.34. The van der Waals surface area contributed by atoms with Gasteiger partial charge in [-0.3, -0.25) is 4.90 Å². The molecule has 3 nitrogen and oxygen atoms in total. The van der Waals surface area contributed by atoms with Gasteiger partial charge in [-0.15, -0.1) is 0 Å². The van der Waals surface area contributed by atoms with Gasteiger partial charge < -0.3 is 4.74 Å². The summed E-state index contributed by atoms with van der Waals surface area (Å²) in [5, 5.41) is 0. The van der Waals surface area contributed by atoms with Crippen molar-refractivity contribution in [1.29, 1.82) is 0 Å². The van der Waals surface area contributed by atoms with Gasteiger partial charge in [-0.2, -0.15) is 0 Å². The van der Waals surface area contributed by atoms with Crippen molar-refractivity contribution in [3.63, 3.8) is 0 Å². The third-order valence-corrected chi connectivity index (χ3v) is 4.82. The van der Waals surface area contributed by atoms with E-state index in [0.29, 0.717) is 12.5 Å². The second-order valence-electron chi connectivity index (χ2n) is 6.24.